The normalized spacial score (nSPS) is 27.9. The van der Waals surface area contributed by atoms with Gasteiger partial charge in [0.05, 0.1) is 6.61 Å². The van der Waals surface area contributed by atoms with Crippen molar-refractivity contribution in [2.75, 3.05) is 32.8 Å². The molecule has 0 amide bonds. The first-order valence-electron chi connectivity index (χ1n) is 7.09. The zero-order valence-electron chi connectivity index (χ0n) is 12.1. The number of nitrogens with one attached hydrogen (secondary N) is 1. The Balaban J connectivity index is 2.47. The average molecular weight is 242 g/mol. The van der Waals surface area contributed by atoms with Crippen LogP contribution in [0.2, 0.25) is 0 Å². The first-order valence-corrected chi connectivity index (χ1v) is 7.09. The molecule has 3 heteroatoms. The molecule has 0 aromatic carbocycles. The van der Waals surface area contributed by atoms with Crippen LogP contribution >= 0.6 is 0 Å². The van der Waals surface area contributed by atoms with Gasteiger partial charge in [0.15, 0.2) is 0 Å². The van der Waals surface area contributed by atoms with Crippen LogP contribution in [0.3, 0.4) is 0 Å². The third-order valence-electron chi connectivity index (χ3n) is 4.76. The van der Waals surface area contributed by atoms with Crippen molar-refractivity contribution in [3.8, 4) is 0 Å². The Morgan fingerprint density at radius 2 is 1.82 bits per heavy atom. The summed E-state index contributed by atoms with van der Waals surface area (Å²) in [6, 6.07) is 0. The van der Waals surface area contributed by atoms with E-state index < -0.39 is 0 Å². The fraction of sp³-hybridized carbons (Fsp3) is 1.00. The smallest absolute Gasteiger partial charge is 0.0618 e. The van der Waals surface area contributed by atoms with Crippen LogP contribution in [0.1, 0.15) is 47.0 Å². The number of hydrogen-bond donors (Lipinski definition) is 2. The van der Waals surface area contributed by atoms with Gasteiger partial charge in [-0.2, -0.15) is 0 Å². The zero-order chi connectivity index (χ0) is 12.9. The summed E-state index contributed by atoms with van der Waals surface area (Å²) in [5.74, 6) is 0. The highest BCUT2D eigenvalue weighted by Crippen LogP contribution is 2.45. The van der Waals surface area contributed by atoms with Crippen molar-refractivity contribution in [1.29, 1.82) is 0 Å². The van der Waals surface area contributed by atoms with Crippen LogP contribution in [-0.2, 0) is 0 Å². The molecule has 0 heterocycles. The third-order valence-corrected chi connectivity index (χ3v) is 4.76. The predicted octanol–water partition coefficient (Wildman–Crippen LogP) is 1.86. The van der Waals surface area contributed by atoms with Gasteiger partial charge in [0, 0.05) is 18.6 Å². The highest BCUT2D eigenvalue weighted by molar-refractivity contribution is 5.04. The Morgan fingerprint density at radius 1 is 1.18 bits per heavy atom. The van der Waals surface area contributed by atoms with E-state index in [1.165, 1.54) is 12.8 Å². The monoisotopic (exact) mass is 242 g/mol. The van der Waals surface area contributed by atoms with Gasteiger partial charge in [0.25, 0.3) is 0 Å². The lowest BCUT2D eigenvalue weighted by Gasteiger charge is -2.41. The second-order valence-electron chi connectivity index (χ2n) is 5.93. The second kappa shape index (κ2) is 6.17. The van der Waals surface area contributed by atoms with Crippen LogP contribution in [0, 0.1) is 5.41 Å². The predicted molar refractivity (Wildman–Crippen MR) is 73.2 cm³/mol. The highest BCUT2D eigenvalue weighted by atomic mass is 16.3. The van der Waals surface area contributed by atoms with Crippen LogP contribution in [0.25, 0.3) is 0 Å². The molecule has 1 unspecified atom stereocenters. The maximum atomic E-state index is 9.76. The average Bonchev–Trinajstić information content (AvgIpc) is 2.61. The summed E-state index contributed by atoms with van der Waals surface area (Å²) in [5, 5.41) is 13.4. The van der Waals surface area contributed by atoms with Crippen molar-refractivity contribution in [3.63, 3.8) is 0 Å². The van der Waals surface area contributed by atoms with E-state index in [9.17, 15) is 5.11 Å². The van der Waals surface area contributed by atoms with E-state index in [0.717, 1.165) is 32.6 Å². The summed E-state index contributed by atoms with van der Waals surface area (Å²) in [6.45, 7) is 13.5. The minimum Gasteiger partial charge on any atom is -0.394 e. The molecule has 2 N–H and O–H groups in total. The van der Waals surface area contributed by atoms with Gasteiger partial charge in [-0.15, -0.1) is 0 Å². The van der Waals surface area contributed by atoms with Crippen LogP contribution in [0.4, 0.5) is 0 Å². The Hall–Kier alpha value is -0.120. The lowest BCUT2D eigenvalue weighted by Crippen LogP contribution is -2.57. The maximum Gasteiger partial charge on any atom is 0.0618 e. The van der Waals surface area contributed by atoms with E-state index in [-0.39, 0.29) is 17.6 Å². The van der Waals surface area contributed by atoms with Crippen molar-refractivity contribution in [2.24, 2.45) is 5.41 Å². The molecule has 0 saturated heterocycles. The summed E-state index contributed by atoms with van der Waals surface area (Å²) >= 11 is 0. The number of hydrogen-bond acceptors (Lipinski definition) is 3. The summed E-state index contributed by atoms with van der Waals surface area (Å²) in [7, 11) is 0. The molecule has 0 radical (unpaired) electrons. The van der Waals surface area contributed by atoms with E-state index in [0.29, 0.717) is 0 Å². The molecular formula is C14H30N2O. The summed E-state index contributed by atoms with van der Waals surface area (Å²) < 4.78 is 0. The molecule has 0 aromatic rings. The molecule has 1 atom stereocenters. The molecule has 102 valence electrons. The first kappa shape index (κ1) is 14.9. The van der Waals surface area contributed by atoms with Gasteiger partial charge in [0.1, 0.15) is 0 Å². The number of aliphatic hydroxyl groups excluding tert-OH is 1. The molecule has 17 heavy (non-hydrogen) atoms. The topological polar surface area (TPSA) is 35.5 Å². The van der Waals surface area contributed by atoms with E-state index in [1.807, 2.05) is 0 Å². The van der Waals surface area contributed by atoms with Crippen molar-refractivity contribution in [2.45, 2.75) is 52.5 Å². The molecule has 0 aliphatic heterocycles. The molecule has 1 aliphatic rings. The summed E-state index contributed by atoms with van der Waals surface area (Å²) in [5.41, 5.74) is 0.158. The van der Waals surface area contributed by atoms with Gasteiger partial charge in [-0.1, -0.05) is 34.1 Å². The molecule has 0 spiro atoms. The number of likely N-dealkylation sites (N-methyl/N-ethyl adjacent to an activating group) is 1. The van der Waals surface area contributed by atoms with Crippen molar-refractivity contribution in [1.82, 2.24) is 10.2 Å². The molecular weight excluding hydrogens is 212 g/mol. The molecule has 1 fully saturated rings. The van der Waals surface area contributed by atoms with Crippen LogP contribution in [0.15, 0.2) is 0 Å². The molecule has 3 nitrogen and oxygen atoms in total. The Morgan fingerprint density at radius 3 is 2.24 bits per heavy atom. The second-order valence-corrected chi connectivity index (χ2v) is 5.93. The first-order chi connectivity index (χ1) is 8.01. The molecule has 1 rings (SSSR count). The van der Waals surface area contributed by atoms with Crippen molar-refractivity contribution < 1.29 is 5.11 Å². The van der Waals surface area contributed by atoms with Crippen LogP contribution in [0.5, 0.6) is 0 Å². The number of rotatable bonds is 7. The number of nitrogens with zero attached hydrogens (tertiary/aromatic N) is 1. The van der Waals surface area contributed by atoms with Crippen LogP contribution in [-0.4, -0.2) is 48.3 Å². The molecule has 0 bridgehead atoms. The van der Waals surface area contributed by atoms with E-state index >= 15 is 0 Å². The van der Waals surface area contributed by atoms with Gasteiger partial charge in [-0.25, -0.2) is 0 Å². The van der Waals surface area contributed by atoms with Gasteiger partial charge in [-0.3, -0.25) is 0 Å². The van der Waals surface area contributed by atoms with Crippen molar-refractivity contribution >= 4 is 0 Å². The fourth-order valence-electron chi connectivity index (χ4n) is 3.08. The maximum absolute atomic E-state index is 9.76. The van der Waals surface area contributed by atoms with Gasteiger partial charge in [0.2, 0.25) is 0 Å². The van der Waals surface area contributed by atoms with Crippen LogP contribution < -0.4 is 5.32 Å². The summed E-state index contributed by atoms with van der Waals surface area (Å²) in [4.78, 5) is 2.42. The van der Waals surface area contributed by atoms with Gasteiger partial charge >= 0.3 is 0 Å². The van der Waals surface area contributed by atoms with E-state index in [1.54, 1.807) is 0 Å². The SMILES string of the molecule is CCN(CC)CCNC1(CO)CCCC1(C)C. The zero-order valence-corrected chi connectivity index (χ0v) is 12.1. The minimum atomic E-state index is -0.0554. The van der Waals surface area contributed by atoms with Crippen molar-refractivity contribution in [3.05, 3.63) is 0 Å². The molecule has 1 saturated carbocycles. The Bertz CT molecular complexity index is 226. The lowest BCUT2D eigenvalue weighted by molar-refractivity contribution is 0.0726. The quantitative estimate of drug-likeness (QED) is 0.715. The molecule has 0 aromatic heterocycles. The minimum absolute atomic E-state index is 0.0554. The standard InChI is InChI=1S/C14H30N2O/c1-5-16(6-2)11-10-15-14(12-17)9-7-8-13(14,3)4/h15,17H,5-12H2,1-4H3. The molecule has 1 aliphatic carbocycles. The Labute approximate surface area is 107 Å². The van der Waals surface area contributed by atoms with Gasteiger partial charge < -0.3 is 15.3 Å². The summed E-state index contributed by atoms with van der Waals surface area (Å²) in [6.07, 6.45) is 3.55. The Kier molecular flexibility index (Phi) is 5.42. The fourth-order valence-corrected chi connectivity index (χ4v) is 3.08. The number of aliphatic hydroxyl groups is 1. The van der Waals surface area contributed by atoms with E-state index in [4.69, 9.17) is 0 Å². The van der Waals surface area contributed by atoms with Gasteiger partial charge in [-0.05, 0) is 31.3 Å². The third kappa shape index (κ3) is 3.21. The van der Waals surface area contributed by atoms with E-state index in [2.05, 4.69) is 37.9 Å². The highest BCUT2D eigenvalue weighted by Gasteiger charge is 2.47. The largest absolute Gasteiger partial charge is 0.394 e. The lowest BCUT2D eigenvalue weighted by atomic mass is 9.75.